The van der Waals surface area contributed by atoms with E-state index >= 15 is 0 Å². The Labute approximate surface area is 200 Å². The largest absolute Gasteiger partial charge is 0.453 e. The van der Waals surface area contributed by atoms with Crippen LogP contribution in [0.4, 0.5) is 0 Å². The number of benzene rings is 2. The van der Waals surface area contributed by atoms with Gasteiger partial charge in [0.25, 0.3) is 0 Å². The third-order valence-corrected chi connectivity index (χ3v) is 7.12. The quantitative estimate of drug-likeness (QED) is 0.296. The van der Waals surface area contributed by atoms with Crippen molar-refractivity contribution in [2.45, 2.75) is 49.5 Å². The van der Waals surface area contributed by atoms with Crippen LogP contribution in [-0.4, -0.2) is 11.4 Å². The first-order valence-electron chi connectivity index (χ1n) is 10.5. The van der Waals surface area contributed by atoms with Crippen molar-refractivity contribution in [1.29, 1.82) is 0 Å². The number of rotatable bonds is 5. The van der Waals surface area contributed by atoms with Gasteiger partial charge in [-0.2, -0.15) is 0 Å². The third-order valence-electron chi connectivity index (χ3n) is 5.79. The molecule has 1 aliphatic carbocycles. The van der Waals surface area contributed by atoms with Gasteiger partial charge in [-0.05, 0) is 95.0 Å². The van der Waals surface area contributed by atoms with Crippen molar-refractivity contribution in [3.8, 4) is 0 Å². The molecule has 5 heteroatoms. The maximum absolute atomic E-state index is 5.69. The predicted octanol–water partition coefficient (Wildman–Crippen LogP) is 8.49. The number of alkyl halides is 1. The summed E-state index contributed by atoms with van der Waals surface area (Å²) < 4.78 is 6.52. The van der Waals surface area contributed by atoms with Gasteiger partial charge in [-0.3, -0.25) is 4.90 Å². The smallest absolute Gasteiger partial charge is 0.169 e. The summed E-state index contributed by atoms with van der Waals surface area (Å²) in [6.45, 7) is 2.08. The van der Waals surface area contributed by atoms with Crippen LogP contribution in [0.5, 0.6) is 0 Å². The zero-order valence-corrected chi connectivity index (χ0v) is 20.8. The first-order valence-corrected chi connectivity index (χ1v) is 12.8. The Balaban J connectivity index is 0.000000204. The molecule has 2 nitrogen and oxygen atoms in total. The maximum Gasteiger partial charge on any atom is 0.169 e. The number of furan rings is 1. The van der Waals surface area contributed by atoms with E-state index in [1.807, 2.05) is 30.3 Å². The van der Waals surface area contributed by atoms with E-state index in [2.05, 4.69) is 67.1 Å². The van der Waals surface area contributed by atoms with E-state index in [1.54, 1.807) is 11.1 Å². The number of hydrogen-bond donors (Lipinski definition) is 0. The molecule has 0 radical (unpaired) electrons. The molecule has 1 atom stereocenters. The summed E-state index contributed by atoms with van der Waals surface area (Å²) in [5, 5.41) is 1.68. The highest BCUT2D eigenvalue weighted by atomic mass is 79.9. The molecule has 5 rings (SSSR count). The van der Waals surface area contributed by atoms with Crippen molar-refractivity contribution in [3.05, 3.63) is 92.8 Å². The van der Waals surface area contributed by atoms with Gasteiger partial charge in [-0.25, -0.2) is 0 Å². The fourth-order valence-electron chi connectivity index (χ4n) is 4.16. The summed E-state index contributed by atoms with van der Waals surface area (Å²) in [6.07, 6.45) is 5.29. The van der Waals surface area contributed by atoms with Crippen LogP contribution < -0.4 is 0 Å². The van der Waals surface area contributed by atoms with Gasteiger partial charge >= 0.3 is 0 Å². The summed E-state index contributed by atoms with van der Waals surface area (Å²) in [4.78, 5) is 2.58. The Morgan fingerprint density at radius 3 is 2.30 bits per heavy atom. The highest BCUT2D eigenvalue weighted by Gasteiger charge is 2.32. The molecule has 2 fully saturated rings. The molecule has 0 N–H and O–H groups in total. The number of likely N-dealkylation sites (tertiary alicyclic amines) is 1. The molecule has 30 heavy (non-hydrogen) atoms. The standard InChI is InChI=1S/C18H20BrNO.C7H6BrCl/c19-18-10-9-14(21-18)12-20-11-3-6-17(20)16-5-2-1-4-15(16)13-7-8-13;8-5-6-1-3-7(9)4-2-6/h1-2,4-5,9-10,13,17H,3,6-8,11-12H2;1-4H,5H2. The fourth-order valence-corrected chi connectivity index (χ4v) is 5.00. The third kappa shape index (κ3) is 5.79. The summed E-state index contributed by atoms with van der Waals surface area (Å²) in [5.41, 5.74) is 4.40. The van der Waals surface area contributed by atoms with Gasteiger partial charge in [0.1, 0.15) is 5.76 Å². The van der Waals surface area contributed by atoms with Crippen LogP contribution in [0.3, 0.4) is 0 Å². The minimum Gasteiger partial charge on any atom is -0.453 e. The van der Waals surface area contributed by atoms with Crippen molar-refractivity contribution < 1.29 is 4.42 Å². The molecule has 3 aromatic rings. The molecule has 1 aromatic heterocycles. The van der Waals surface area contributed by atoms with E-state index in [0.717, 1.165) is 33.2 Å². The summed E-state index contributed by atoms with van der Waals surface area (Å²) >= 11 is 12.4. The molecule has 0 bridgehead atoms. The van der Waals surface area contributed by atoms with Crippen LogP contribution >= 0.6 is 43.5 Å². The van der Waals surface area contributed by atoms with E-state index in [9.17, 15) is 0 Å². The number of halogens is 3. The first kappa shape index (κ1) is 22.1. The maximum atomic E-state index is 5.69. The van der Waals surface area contributed by atoms with Crippen molar-refractivity contribution >= 4 is 43.5 Å². The highest BCUT2D eigenvalue weighted by molar-refractivity contribution is 9.10. The lowest BCUT2D eigenvalue weighted by Gasteiger charge is -2.26. The van der Waals surface area contributed by atoms with E-state index in [0.29, 0.717) is 6.04 Å². The lowest BCUT2D eigenvalue weighted by Crippen LogP contribution is -2.23. The molecule has 0 spiro atoms. The van der Waals surface area contributed by atoms with E-state index < -0.39 is 0 Å². The fraction of sp³-hybridized carbons (Fsp3) is 0.360. The highest BCUT2D eigenvalue weighted by Crippen LogP contribution is 2.45. The average Bonchev–Trinajstić information content (AvgIpc) is 3.38. The Morgan fingerprint density at radius 1 is 0.933 bits per heavy atom. The molecule has 1 saturated carbocycles. The average molecular weight is 552 g/mol. The lowest BCUT2D eigenvalue weighted by molar-refractivity contribution is 0.226. The number of nitrogens with zero attached hydrogens (tertiary/aromatic N) is 1. The summed E-state index contributed by atoms with van der Waals surface area (Å²) in [6, 6.07) is 21.5. The van der Waals surface area contributed by atoms with E-state index in [-0.39, 0.29) is 0 Å². The molecular formula is C25H26Br2ClNO. The van der Waals surface area contributed by atoms with E-state index in [1.165, 1.54) is 37.8 Å². The van der Waals surface area contributed by atoms with E-state index in [4.69, 9.17) is 16.0 Å². The van der Waals surface area contributed by atoms with Crippen LogP contribution in [0.1, 0.15) is 60.1 Å². The van der Waals surface area contributed by atoms with Gasteiger partial charge < -0.3 is 4.42 Å². The van der Waals surface area contributed by atoms with Gasteiger partial charge in [0.15, 0.2) is 4.67 Å². The van der Waals surface area contributed by atoms with Crippen molar-refractivity contribution in [2.24, 2.45) is 0 Å². The zero-order chi connectivity index (χ0) is 20.9. The molecule has 2 heterocycles. The van der Waals surface area contributed by atoms with Gasteiger partial charge in [-0.1, -0.05) is 63.9 Å². The van der Waals surface area contributed by atoms with Crippen molar-refractivity contribution in [1.82, 2.24) is 4.90 Å². The summed E-state index contributed by atoms with van der Waals surface area (Å²) in [7, 11) is 0. The molecule has 1 saturated heterocycles. The number of hydrogen-bond acceptors (Lipinski definition) is 2. The minimum atomic E-state index is 0.561. The summed E-state index contributed by atoms with van der Waals surface area (Å²) in [5.74, 6) is 1.87. The Morgan fingerprint density at radius 2 is 1.67 bits per heavy atom. The molecule has 1 aliphatic heterocycles. The Bertz CT molecular complexity index is 952. The Kier molecular flexibility index (Phi) is 7.74. The SMILES string of the molecule is Brc1ccc(CN2CCCC2c2ccccc2C2CC2)o1.Clc1ccc(CBr)cc1. The monoisotopic (exact) mass is 549 g/mol. The lowest BCUT2D eigenvalue weighted by atomic mass is 9.95. The topological polar surface area (TPSA) is 16.4 Å². The molecular weight excluding hydrogens is 526 g/mol. The first-order chi connectivity index (χ1) is 14.6. The molecule has 2 aliphatic rings. The van der Waals surface area contributed by atoms with Crippen LogP contribution in [-0.2, 0) is 11.9 Å². The second kappa shape index (κ2) is 10.5. The second-order valence-corrected chi connectivity index (χ2v) is 9.78. The van der Waals surface area contributed by atoms with Crippen LogP contribution in [0, 0.1) is 0 Å². The second-order valence-electron chi connectivity index (χ2n) is 8.00. The van der Waals surface area contributed by atoms with Gasteiger partial charge in [0.05, 0.1) is 6.54 Å². The van der Waals surface area contributed by atoms with Crippen LogP contribution in [0.15, 0.2) is 69.8 Å². The molecule has 0 amide bonds. The predicted molar refractivity (Wildman–Crippen MR) is 131 cm³/mol. The van der Waals surface area contributed by atoms with Crippen LogP contribution in [0.25, 0.3) is 0 Å². The minimum absolute atomic E-state index is 0.561. The zero-order valence-electron chi connectivity index (χ0n) is 16.9. The van der Waals surface area contributed by atoms with Crippen LogP contribution in [0.2, 0.25) is 5.02 Å². The van der Waals surface area contributed by atoms with Crippen molar-refractivity contribution in [2.75, 3.05) is 6.54 Å². The normalized spacial score (nSPS) is 18.8. The van der Waals surface area contributed by atoms with Gasteiger partial charge in [-0.15, -0.1) is 0 Å². The molecule has 2 aromatic carbocycles. The Hall–Kier alpha value is -1.07. The van der Waals surface area contributed by atoms with Crippen molar-refractivity contribution in [3.63, 3.8) is 0 Å². The van der Waals surface area contributed by atoms with Gasteiger partial charge in [0.2, 0.25) is 0 Å². The van der Waals surface area contributed by atoms with Gasteiger partial charge in [0, 0.05) is 16.4 Å². The molecule has 1 unspecified atom stereocenters. The molecule has 158 valence electrons.